The van der Waals surface area contributed by atoms with Crippen molar-refractivity contribution in [2.45, 2.75) is 26.9 Å². The molecular weight excluding hydrogens is 174 g/mol. The van der Waals surface area contributed by atoms with E-state index in [2.05, 4.69) is 31.9 Å². The Morgan fingerprint density at radius 2 is 1.71 bits per heavy atom. The highest BCUT2D eigenvalue weighted by atomic mass is 16.3. The first-order valence-electron chi connectivity index (χ1n) is 5.06. The number of aliphatic hydroxyl groups excluding tert-OH is 1. The molecule has 0 saturated carbocycles. The minimum absolute atomic E-state index is 0.0913. The average molecular weight is 197 g/mol. The van der Waals surface area contributed by atoms with Gasteiger partial charge in [0.05, 0.1) is 6.10 Å². The topological polar surface area (TPSA) is 23.5 Å². The van der Waals surface area contributed by atoms with Gasteiger partial charge in [-0.1, -0.05) is 26.0 Å². The van der Waals surface area contributed by atoms with Crippen molar-refractivity contribution in [1.29, 1.82) is 0 Å². The molecule has 0 saturated heterocycles. The summed E-state index contributed by atoms with van der Waals surface area (Å²) in [4.78, 5) is 2.22. The number of nitrogens with zero attached hydrogens (tertiary/aromatic N) is 1. The average Bonchev–Trinajstić information content (AvgIpc) is 2.04. The van der Waals surface area contributed by atoms with Crippen LogP contribution in [0.5, 0.6) is 0 Å². The van der Waals surface area contributed by atoms with Gasteiger partial charge in [-0.3, -0.25) is 4.90 Å². The van der Waals surface area contributed by atoms with E-state index in [1.165, 1.54) is 0 Å². The zero-order chi connectivity index (χ0) is 11.2. The molecule has 2 heteroatoms. The standard InChI is InChI=1S/C12H23NO/c1-6-8-13(9-7-2)10-12(4,5)11(3)14/h6-7,11,14H,1-2,8-10H2,3-5H3. The first-order chi connectivity index (χ1) is 6.44. The van der Waals surface area contributed by atoms with Crippen molar-refractivity contribution in [2.75, 3.05) is 19.6 Å². The lowest BCUT2D eigenvalue weighted by atomic mass is 9.87. The minimum Gasteiger partial charge on any atom is -0.393 e. The molecule has 0 rings (SSSR count). The lowest BCUT2D eigenvalue weighted by Gasteiger charge is -2.33. The van der Waals surface area contributed by atoms with Crippen LogP contribution in [0.2, 0.25) is 0 Å². The number of hydrogen-bond donors (Lipinski definition) is 1. The van der Waals surface area contributed by atoms with Crippen molar-refractivity contribution < 1.29 is 5.11 Å². The van der Waals surface area contributed by atoms with Crippen LogP contribution in [0.25, 0.3) is 0 Å². The molecule has 0 aliphatic carbocycles. The van der Waals surface area contributed by atoms with Crippen LogP contribution in [0.3, 0.4) is 0 Å². The van der Waals surface area contributed by atoms with E-state index in [-0.39, 0.29) is 11.5 Å². The van der Waals surface area contributed by atoms with Gasteiger partial charge >= 0.3 is 0 Å². The van der Waals surface area contributed by atoms with Crippen molar-refractivity contribution in [1.82, 2.24) is 4.90 Å². The third-order valence-corrected chi connectivity index (χ3v) is 2.54. The molecule has 0 aliphatic rings. The summed E-state index contributed by atoms with van der Waals surface area (Å²) in [5.41, 5.74) is -0.0913. The van der Waals surface area contributed by atoms with Crippen LogP contribution >= 0.6 is 0 Å². The summed E-state index contributed by atoms with van der Waals surface area (Å²) in [6.07, 6.45) is 3.45. The molecule has 0 bridgehead atoms. The summed E-state index contributed by atoms with van der Waals surface area (Å²) < 4.78 is 0. The lowest BCUT2D eigenvalue weighted by molar-refractivity contribution is 0.0401. The van der Waals surface area contributed by atoms with Crippen molar-refractivity contribution >= 4 is 0 Å². The van der Waals surface area contributed by atoms with E-state index in [0.29, 0.717) is 0 Å². The van der Waals surface area contributed by atoms with Gasteiger partial charge in [0.25, 0.3) is 0 Å². The molecule has 0 fully saturated rings. The third-order valence-electron chi connectivity index (χ3n) is 2.54. The monoisotopic (exact) mass is 197 g/mol. The van der Waals surface area contributed by atoms with Crippen LogP contribution in [0.1, 0.15) is 20.8 Å². The zero-order valence-electron chi connectivity index (χ0n) is 9.66. The van der Waals surface area contributed by atoms with Gasteiger partial charge in [0.2, 0.25) is 0 Å². The highest BCUT2D eigenvalue weighted by Crippen LogP contribution is 2.21. The summed E-state index contributed by atoms with van der Waals surface area (Å²) in [5, 5.41) is 9.59. The number of hydrogen-bond acceptors (Lipinski definition) is 2. The lowest BCUT2D eigenvalue weighted by Crippen LogP contribution is -2.40. The van der Waals surface area contributed by atoms with E-state index in [9.17, 15) is 5.11 Å². The molecule has 0 radical (unpaired) electrons. The number of aliphatic hydroxyl groups is 1. The van der Waals surface area contributed by atoms with Crippen LogP contribution in [-0.2, 0) is 0 Å². The van der Waals surface area contributed by atoms with E-state index in [4.69, 9.17) is 0 Å². The second kappa shape index (κ2) is 5.99. The summed E-state index contributed by atoms with van der Waals surface area (Å²) >= 11 is 0. The van der Waals surface area contributed by atoms with Crippen LogP contribution in [0, 0.1) is 5.41 Å². The smallest absolute Gasteiger partial charge is 0.0575 e. The van der Waals surface area contributed by atoms with Gasteiger partial charge < -0.3 is 5.11 Å². The maximum absolute atomic E-state index is 9.59. The van der Waals surface area contributed by atoms with Crippen LogP contribution in [-0.4, -0.2) is 35.7 Å². The molecular formula is C12H23NO. The Bertz CT molecular complexity index is 175. The first kappa shape index (κ1) is 13.4. The summed E-state index contributed by atoms with van der Waals surface area (Å²) in [5.74, 6) is 0. The third kappa shape index (κ3) is 4.58. The molecule has 0 aromatic rings. The highest BCUT2D eigenvalue weighted by Gasteiger charge is 2.26. The molecule has 2 nitrogen and oxygen atoms in total. The Kier molecular flexibility index (Phi) is 5.73. The van der Waals surface area contributed by atoms with E-state index in [1.807, 2.05) is 19.1 Å². The molecule has 14 heavy (non-hydrogen) atoms. The summed E-state index contributed by atoms with van der Waals surface area (Å²) in [6.45, 7) is 15.9. The van der Waals surface area contributed by atoms with Gasteiger partial charge in [0.1, 0.15) is 0 Å². The van der Waals surface area contributed by atoms with Crippen molar-refractivity contribution in [3.8, 4) is 0 Å². The van der Waals surface area contributed by atoms with Crippen molar-refractivity contribution in [2.24, 2.45) is 5.41 Å². The molecule has 1 atom stereocenters. The highest BCUT2D eigenvalue weighted by molar-refractivity contribution is 4.85. The summed E-state index contributed by atoms with van der Waals surface area (Å²) in [7, 11) is 0. The fraction of sp³-hybridized carbons (Fsp3) is 0.667. The predicted octanol–water partition coefficient (Wildman–Crippen LogP) is 2.07. The normalized spacial score (nSPS) is 14.1. The zero-order valence-corrected chi connectivity index (χ0v) is 9.66. The Morgan fingerprint density at radius 3 is 2.00 bits per heavy atom. The maximum Gasteiger partial charge on any atom is 0.0575 e. The quantitative estimate of drug-likeness (QED) is 0.632. The van der Waals surface area contributed by atoms with E-state index < -0.39 is 0 Å². The molecule has 0 aromatic heterocycles. The van der Waals surface area contributed by atoms with Crippen molar-refractivity contribution in [3.63, 3.8) is 0 Å². The van der Waals surface area contributed by atoms with Crippen molar-refractivity contribution in [3.05, 3.63) is 25.3 Å². The van der Waals surface area contributed by atoms with E-state index in [0.717, 1.165) is 19.6 Å². The van der Waals surface area contributed by atoms with Crippen LogP contribution in [0.4, 0.5) is 0 Å². The molecule has 82 valence electrons. The molecule has 0 heterocycles. The van der Waals surface area contributed by atoms with Gasteiger partial charge in [-0.05, 0) is 6.92 Å². The second-order valence-corrected chi connectivity index (χ2v) is 4.44. The predicted molar refractivity (Wildman–Crippen MR) is 62.3 cm³/mol. The Balaban J connectivity index is 4.26. The van der Waals surface area contributed by atoms with E-state index >= 15 is 0 Å². The fourth-order valence-electron chi connectivity index (χ4n) is 1.28. The van der Waals surface area contributed by atoms with Gasteiger partial charge in [-0.2, -0.15) is 0 Å². The second-order valence-electron chi connectivity index (χ2n) is 4.44. The SMILES string of the molecule is C=CCN(CC=C)CC(C)(C)C(C)O. The Labute approximate surface area is 87.9 Å². The molecule has 1 N–H and O–H groups in total. The minimum atomic E-state index is -0.306. The van der Waals surface area contributed by atoms with Gasteiger partial charge in [0, 0.05) is 25.0 Å². The molecule has 0 aromatic carbocycles. The Morgan fingerprint density at radius 1 is 1.29 bits per heavy atom. The van der Waals surface area contributed by atoms with Crippen LogP contribution in [0.15, 0.2) is 25.3 Å². The van der Waals surface area contributed by atoms with Gasteiger partial charge in [-0.25, -0.2) is 0 Å². The number of rotatable bonds is 7. The van der Waals surface area contributed by atoms with E-state index in [1.54, 1.807) is 0 Å². The maximum atomic E-state index is 9.59. The molecule has 0 amide bonds. The Hall–Kier alpha value is -0.600. The first-order valence-corrected chi connectivity index (χ1v) is 5.06. The fourth-order valence-corrected chi connectivity index (χ4v) is 1.28. The molecule has 1 unspecified atom stereocenters. The van der Waals surface area contributed by atoms with Crippen LogP contribution < -0.4 is 0 Å². The summed E-state index contributed by atoms with van der Waals surface area (Å²) in [6, 6.07) is 0. The largest absolute Gasteiger partial charge is 0.393 e. The van der Waals surface area contributed by atoms with Gasteiger partial charge in [-0.15, -0.1) is 13.2 Å². The van der Waals surface area contributed by atoms with Gasteiger partial charge in [0.15, 0.2) is 0 Å². The molecule has 0 spiro atoms. The molecule has 0 aliphatic heterocycles.